The fraction of sp³-hybridized carbons (Fsp3) is 0.147. The van der Waals surface area contributed by atoms with Crippen molar-refractivity contribution in [2.45, 2.75) is 13.0 Å². The van der Waals surface area contributed by atoms with Gasteiger partial charge in [0.05, 0.1) is 36.6 Å². The Balaban J connectivity index is 1.74. The van der Waals surface area contributed by atoms with Gasteiger partial charge < -0.3 is 14.2 Å². The molecule has 42 heavy (non-hydrogen) atoms. The van der Waals surface area contributed by atoms with Crippen LogP contribution in [-0.4, -0.2) is 31.4 Å². The maximum Gasteiger partial charge on any atom is 0.338 e. The lowest BCUT2D eigenvalue weighted by atomic mass is 9.89. The molecule has 2 heterocycles. The van der Waals surface area contributed by atoms with E-state index in [4.69, 9.17) is 19.2 Å². The van der Waals surface area contributed by atoms with Crippen molar-refractivity contribution >= 4 is 39.9 Å². The first-order valence-electron chi connectivity index (χ1n) is 13.5. The van der Waals surface area contributed by atoms with Crippen LogP contribution in [0, 0.1) is 0 Å². The van der Waals surface area contributed by atoms with E-state index in [0.717, 1.165) is 21.9 Å². The number of thiazole rings is 1. The second-order valence-corrected chi connectivity index (χ2v) is 10.6. The monoisotopic (exact) mass is 576 g/mol. The zero-order valence-electron chi connectivity index (χ0n) is 23.4. The number of esters is 1. The van der Waals surface area contributed by atoms with Crippen molar-refractivity contribution in [3.63, 3.8) is 0 Å². The summed E-state index contributed by atoms with van der Waals surface area (Å²) in [5, 5.41) is 1.81. The van der Waals surface area contributed by atoms with Gasteiger partial charge in [-0.3, -0.25) is 9.36 Å². The van der Waals surface area contributed by atoms with Crippen LogP contribution in [0.3, 0.4) is 0 Å². The zero-order valence-corrected chi connectivity index (χ0v) is 24.2. The maximum absolute atomic E-state index is 14.3. The molecule has 1 aliphatic heterocycles. The molecule has 210 valence electrons. The van der Waals surface area contributed by atoms with E-state index in [1.54, 1.807) is 25.7 Å². The molecule has 8 heteroatoms. The molecule has 1 aromatic heterocycles. The third kappa shape index (κ3) is 4.80. The lowest BCUT2D eigenvalue weighted by molar-refractivity contribution is -0.138. The number of fused-ring (bicyclic) bond motifs is 2. The molecule has 1 aliphatic rings. The molecule has 0 amide bonds. The van der Waals surface area contributed by atoms with Gasteiger partial charge in [0.25, 0.3) is 5.56 Å². The van der Waals surface area contributed by atoms with E-state index in [1.165, 1.54) is 11.3 Å². The van der Waals surface area contributed by atoms with Crippen molar-refractivity contribution in [1.82, 2.24) is 4.57 Å². The molecule has 1 unspecified atom stereocenters. The van der Waals surface area contributed by atoms with Crippen molar-refractivity contribution in [3.05, 3.63) is 133 Å². The zero-order chi connectivity index (χ0) is 29.2. The first-order valence-corrected chi connectivity index (χ1v) is 14.3. The highest BCUT2D eigenvalue weighted by atomic mass is 32.1. The van der Waals surface area contributed by atoms with E-state index in [0.29, 0.717) is 32.1 Å². The van der Waals surface area contributed by atoms with Crippen LogP contribution in [0.2, 0.25) is 0 Å². The highest BCUT2D eigenvalue weighted by Gasteiger charge is 2.37. The van der Waals surface area contributed by atoms with E-state index < -0.39 is 12.0 Å². The van der Waals surface area contributed by atoms with Gasteiger partial charge in [-0.25, -0.2) is 9.79 Å². The SMILES string of the molecule is CCOC(=O)C1=C(c2ccccc2)N=c2s/c(=C/c3cccc(OC)c3)c(=O)n2C1c1c(OC)ccc2ccccc12. The average Bonchev–Trinajstić information content (AvgIpc) is 3.34. The van der Waals surface area contributed by atoms with Gasteiger partial charge in [-0.1, -0.05) is 84.1 Å². The third-order valence-electron chi connectivity index (χ3n) is 7.19. The minimum atomic E-state index is -0.857. The fourth-order valence-electron chi connectivity index (χ4n) is 5.33. The molecule has 0 aliphatic carbocycles. The summed E-state index contributed by atoms with van der Waals surface area (Å²) in [7, 11) is 3.19. The minimum Gasteiger partial charge on any atom is -0.497 e. The summed E-state index contributed by atoms with van der Waals surface area (Å²) in [4.78, 5) is 33.6. The normalized spacial score (nSPS) is 14.8. The number of methoxy groups -OCH3 is 2. The highest BCUT2D eigenvalue weighted by molar-refractivity contribution is 7.07. The van der Waals surface area contributed by atoms with Gasteiger partial charge in [-0.2, -0.15) is 0 Å². The van der Waals surface area contributed by atoms with Crippen LogP contribution in [0.5, 0.6) is 11.5 Å². The summed E-state index contributed by atoms with van der Waals surface area (Å²) in [6, 6.07) is 27.8. The predicted octanol–water partition coefficient (Wildman–Crippen LogP) is 5.11. The van der Waals surface area contributed by atoms with Crippen LogP contribution in [0.1, 0.15) is 29.7 Å². The number of benzene rings is 4. The number of aromatic nitrogens is 1. The molecule has 1 atom stereocenters. The van der Waals surface area contributed by atoms with Crippen LogP contribution in [0.4, 0.5) is 0 Å². The van der Waals surface area contributed by atoms with E-state index in [9.17, 15) is 9.59 Å². The molecule has 0 saturated heterocycles. The van der Waals surface area contributed by atoms with Crippen molar-refractivity contribution in [3.8, 4) is 11.5 Å². The summed E-state index contributed by atoms with van der Waals surface area (Å²) >= 11 is 1.27. The number of nitrogens with zero attached hydrogens (tertiary/aromatic N) is 2. The number of carbonyl (C=O) groups excluding carboxylic acids is 1. The number of hydrogen-bond donors (Lipinski definition) is 0. The molecule has 0 radical (unpaired) electrons. The largest absolute Gasteiger partial charge is 0.497 e. The van der Waals surface area contributed by atoms with Gasteiger partial charge in [0, 0.05) is 11.1 Å². The van der Waals surface area contributed by atoms with Gasteiger partial charge in [-0.15, -0.1) is 0 Å². The Morgan fingerprint density at radius 1 is 0.952 bits per heavy atom. The molecular weight excluding hydrogens is 548 g/mol. The van der Waals surface area contributed by atoms with Crippen molar-refractivity contribution in [2.24, 2.45) is 4.99 Å². The summed E-state index contributed by atoms with van der Waals surface area (Å²) in [6.45, 7) is 1.93. The second kappa shape index (κ2) is 11.5. The molecule has 0 bridgehead atoms. The molecule has 0 fully saturated rings. The predicted molar refractivity (Wildman–Crippen MR) is 165 cm³/mol. The van der Waals surface area contributed by atoms with Crippen molar-refractivity contribution in [2.75, 3.05) is 20.8 Å². The number of hydrogen-bond acceptors (Lipinski definition) is 7. The Hall–Kier alpha value is -4.95. The molecule has 0 N–H and O–H groups in total. The number of carbonyl (C=O) groups is 1. The topological polar surface area (TPSA) is 79.1 Å². The van der Waals surface area contributed by atoms with Crippen LogP contribution < -0.4 is 24.4 Å². The van der Waals surface area contributed by atoms with E-state index in [-0.39, 0.29) is 17.7 Å². The number of ether oxygens (including phenoxy) is 3. The standard InChI is InChI=1S/C34H28N2O5S/c1-4-41-33(38)29-30(23-13-6-5-7-14-23)35-34-36(32(37)27(42-34)20-21-11-10-15-24(19-21)39-2)31(29)28-25-16-9-8-12-22(25)17-18-26(28)40-3/h5-20,31H,4H2,1-3H3/b27-20+. The van der Waals surface area contributed by atoms with Gasteiger partial charge >= 0.3 is 5.97 Å². The summed E-state index contributed by atoms with van der Waals surface area (Å²) in [6.07, 6.45) is 1.82. The minimum absolute atomic E-state index is 0.171. The van der Waals surface area contributed by atoms with Crippen LogP contribution in [-0.2, 0) is 9.53 Å². The van der Waals surface area contributed by atoms with Crippen molar-refractivity contribution in [1.29, 1.82) is 0 Å². The molecule has 4 aromatic carbocycles. The van der Waals surface area contributed by atoms with Gasteiger partial charge in [-0.05, 0) is 47.5 Å². The number of rotatable bonds is 7. The quantitative estimate of drug-likeness (QED) is 0.252. The van der Waals surface area contributed by atoms with E-state index in [1.807, 2.05) is 97.1 Å². The Bertz CT molecular complexity index is 2020. The summed E-state index contributed by atoms with van der Waals surface area (Å²) < 4.78 is 19.0. The maximum atomic E-state index is 14.3. The summed E-state index contributed by atoms with van der Waals surface area (Å²) in [5.41, 5.74) is 2.72. The molecule has 0 saturated carbocycles. The highest BCUT2D eigenvalue weighted by Crippen LogP contribution is 2.42. The van der Waals surface area contributed by atoms with Crippen LogP contribution in [0.15, 0.2) is 106 Å². The molecule has 6 rings (SSSR count). The van der Waals surface area contributed by atoms with E-state index >= 15 is 0 Å². The van der Waals surface area contributed by atoms with Gasteiger partial charge in [0.15, 0.2) is 4.80 Å². The molecule has 7 nitrogen and oxygen atoms in total. The van der Waals surface area contributed by atoms with Crippen molar-refractivity contribution < 1.29 is 19.0 Å². The average molecular weight is 577 g/mol. The van der Waals surface area contributed by atoms with Crippen LogP contribution >= 0.6 is 11.3 Å². The Morgan fingerprint density at radius 2 is 1.74 bits per heavy atom. The lowest BCUT2D eigenvalue weighted by Crippen LogP contribution is -2.40. The van der Waals surface area contributed by atoms with Gasteiger partial charge in [0.1, 0.15) is 17.5 Å². The lowest BCUT2D eigenvalue weighted by Gasteiger charge is -2.28. The second-order valence-electron chi connectivity index (χ2n) is 9.61. The first-order chi connectivity index (χ1) is 20.5. The third-order valence-corrected chi connectivity index (χ3v) is 8.17. The molecule has 0 spiro atoms. The Morgan fingerprint density at radius 3 is 2.50 bits per heavy atom. The molecular formula is C34H28N2O5S. The van der Waals surface area contributed by atoms with Gasteiger partial charge in [0.2, 0.25) is 0 Å². The summed E-state index contributed by atoms with van der Waals surface area (Å²) in [5.74, 6) is 0.699. The first kappa shape index (κ1) is 27.2. The Labute approximate surface area is 246 Å². The Kier molecular flexibility index (Phi) is 7.46. The fourth-order valence-corrected chi connectivity index (χ4v) is 6.33. The smallest absolute Gasteiger partial charge is 0.338 e. The van der Waals surface area contributed by atoms with E-state index in [2.05, 4.69) is 0 Å². The molecule has 5 aromatic rings. The van der Waals surface area contributed by atoms with Crippen LogP contribution in [0.25, 0.3) is 22.5 Å².